The Labute approximate surface area is 124 Å². The molecule has 0 unspecified atom stereocenters. The van der Waals surface area contributed by atoms with Crippen LogP contribution in [0.5, 0.6) is 5.75 Å². The zero-order chi connectivity index (χ0) is 14.9. The fraction of sp³-hybridized carbons (Fsp3) is 0.231. The van der Waals surface area contributed by atoms with Crippen molar-refractivity contribution in [1.82, 2.24) is 5.32 Å². The van der Waals surface area contributed by atoms with Crippen molar-refractivity contribution in [3.8, 4) is 5.75 Å². The highest BCUT2D eigenvalue weighted by atomic mass is 32.2. The van der Waals surface area contributed by atoms with Gasteiger partial charge in [0.15, 0.2) is 0 Å². The molecule has 1 fully saturated rings. The maximum atomic E-state index is 12.3. The van der Waals surface area contributed by atoms with E-state index in [1.165, 1.54) is 11.8 Å². The number of hydrogen-bond donors (Lipinski definition) is 1. The van der Waals surface area contributed by atoms with Crippen molar-refractivity contribution < 1.29 is 18.3 Å². The second-order valence-corrected chi connectivity index (χ2v) is 5.93. The minimum atomic E-state index is -2.86. The zero-order valence-corrected chi connectivity index (χ0v) is 12.3. The van der Waals surface area contributed by atoms with Crippen LogP contribution in [-0.4, -0.2) is 16.8 Å². The van der Waals surface area contributed by atoms with Crippen LogP contribution < -0.4 is 10.1 Å². The molecule has 0 saturated carbocycles. The van der Waals surface area contributed by atoms with E-state index in [0.717, 1.165) is 5.56 Å². The number of ether oxygens (including phenoxy) is 1. The molecule has 106 valence electrons. The van der Waals surface area contributed by atoms with Gasteiger partial charge in [-0.2, -0.15) is 8.78 Å². The lowest BCUT2D eigenvalue weighted by molar-refractivity contribution is -0.115. The summed E-state index contributed by atoms with van der Waals surface area (Å²) in [5.41, 5.74) is 1.91. The van der Waals surface area contributed by atoms with E-state index in [-0.39, 0.29) is 11.7 Å². The molecule has 2 rings (SSSR count). The molecular formula is C13H11F2NO2S2. The van der Waals surface area contributed by atoms with Gasteiger partial charge < -0.3 is 10.1 Å². The summed E-state index contributed by atoms with van der Waals surface area (Å²) in [6.45, 7) is 0.503. The van der Waals surface area contributed by atoms with E-state index < -0.39 is 6.61 Å². The van der Waals surface area contributed by atoms with E-state index >= 15 is 0 Å². The number of alkyl halides is 2. The fourth-order valence-corrected chi connectivity index (χ4v) is 2.96. The predicted octanol–water partition coefficient (Wildman–Crippen LogP) is 3.39. The predicted molar refractivity (Wildman–Crippen MR) is 78.9 cm³/mol. The number of hydrogen-bond acceptors (Lipinski definition) is 4. The first-order chi connectivity index (χ1) is 9.36. The molecule has 1 aliphatic heterocycles. The molecular weight excluding hydrogens is 304 g/mol. The summed E-state index contributed by atoms with van der Waals surface area (Å²) in [5.74, 6) is -0.0792. The van der Waals surface area contributed by atoms with E-state index in [9.17, 15) is 13.6 Å². The zero-order valence-electron chi connectivity index (χ0n) is 10.7. The number of nitrogens with one attached hydrogen (secondary N) is 1. The number of thiocarbonyl (C=S) groups is 1. The Morgan fingerprint density at radius 2 is 1.95 bits per heavy atom. The van der Waals surface area contributed by atoms with Gasteiger partial charge in [0.05, 0.1) is 4.91 Å². The summed E-state index contributed by atoms with van der Waals surface area (Å²) >= 11 is 6.07. The topological polar surface area (TPSA) is 38.3 Å². The van der Waals surface area contributed by atoms with Crippen LogP contribution in [0.2, 0.25) is 0 Å². The molecule has 0 aliphatic carbocycles. The Kier molecular flexibility index (Phi) is 4.39. The number of benzene rings is 1. The van der Waals surface area contributed by atoms with Crippen LogP contribution in [0.1, 0.15) is 16.7 Å². The van der Waals surface area contributed by atoms with Crippen LogP contribution in [-0.2, 0) is 4.79 Å². The molecule has 1 saturated heterocycles. The average molecular weight is 315 g/mol. The maximum Gasteiger partial charge on any atom is 0.387 e. The second kappa shape index (κ2) is 5.88. The van der Waals surface area contributed by atoms with Crippen molar-refractivity contribution in [3.05, 3.63) is 33.7 Å². The molecule has 0 radical (unpaired) electrons. The number of carbonyl (C=O) groups excluding carboxylic acids is 1. The Bertz CT molecular complexity index is 591. The van der Waals surface area contributed by atoms with Gasteiger partial charge in [-0.25, -0.2) is 0 Å². The van der Waals surface area contributed by atoms with Crippen molar-refractivity contribution in [2.24, 2.45) is 0 Å². The lowest BCUT2D eigenvalue weighted by Gasteiger charge is -2.12. The highest BCUT2D eigenvalue weighted by molar-refractivity contribution is 8.26. The van der Waals surface area contributed by atoms with Gasteiger partial charge in [0.25, 0.3) is 5.91 Å². The first kappa shape index (κ1) is 14.9. The molecule has 1 aromatic carbocycles. The molecule has 1 amide bonds. The van der Waals surface area contributed by atoms with E-state index in [0.29, 0.717) is 20.4 Å². The Morgan fingerprint density at radius 3 is 2.40 bits per heavy atom. The smallest absolute Gasteiger partial charge is 0.387 e. The summed E-state index contributed by atoms with van der Waals surface area (Å²) < 4.78 is 29.5. The molecule has 0 spiro atoms. The lowest BCUT2D eigenvalue weighted by Crippen LogP contribution is -2.17. The van der Waals surface area contributed by atoms with Crippen LogP contribution in [0.15, 0.2) is 17.0 Å². The Morgan fingerprint density at radius 1 is 1.35 bits per heavy atom. The highest BCUT2D eigenvalue weighted by Gasteiger charge is 2.22. The minimum absolute atomic E-state index is 0.168. The van der Waals surface area contributed by atoms with Gasteiger partial charge in [-0.1, -0.05) is 24.0 Å². The first-order valence-electron chi connectivity index (χ1n) is 5.67. The van der Waals surface area contributed by atoms with Crippen molar-refractivity contribution in [2.45, 2.75) is 20.5 Å². The highest BCUT2D eigenvalue weighted by Crippen LogP contribution is 2.30. The monoisotopic (exact) mass is 315 g/mol. The number of amides is 1. The molecule has 0 bridgehead atoms. The third-order valence-corrected chi connectivity index (χ3v) is 3.79. The summed E-state index contributed by atoms with van der Waals surface area (Å²) in [5, 5.41) is 2.52. The van der Waals surface area contributed by atoms with Crippen molar-refractivity contribution in [1.29, 1.82) is 0 Å². The lowest BCUT2D eigenvalue weighted by atomic mass is 10.1. The van der Waals surface area contributed by atoms with Crippen LogP contribution in [0, 0.1) is 13.8 Å². The summed E-state index contributed by atoms with van der Waals surface area (Å²) in [6, 6.07) is 3.37. The number of rotatable bonds is 3. The van der Waals surface area contributed by atoms with Crippen LogP contribution in [0.25, 0.3) is 6.08 Å². The standard InChI is InChI=1S/C13H11F2NO2S2/c1-6-3-8(4-7(2)10(6)18-12(14)15)5-9-11(17)16-13(19)20-9/h3-5,12H,1-2H3,(H,16,17,19)/b9-5-. The van der Waals surface area contributed by atoms with E-state index in [4.69, 9.17) is 12.2 Å². The minimum Gasteiger partial charge on any atom is -0.434 e. The first-order valence-corrected chi connectivity index (χ1v) is 6.90. The molecule has 3 nitrogen and oxygen atoms in total. The molecule has 1 N–H and O–H groups in total. The van der Waals surface area contributed by atoms with Crippen LogP contribution in [0.3, 0.4) is 0 Å². The fourth-order valence-electron chi connectivity index (χ4n) is 1.91. The Hall–Kier alpha value is -1.47. The number of carbonyl (C=O) groups is 1. The van der Waals surface area contributed by atoms with Crippen molar-refractivity contribution in [2.75, 3.05) is 0 Å². The van der Waals surface area contributed by atoms with E-state index in [2.05, 4.69) is 10.1 Å². The van der Waals surface area contributed by atoms with Crippen molar-refractivity contribution >= 4 is 40.3 Å². The molecule has 1 heterocycles. The van der Waals surface area contributed by atoms with Crippen LogP contribution in [0.4, 0.5) is 8.78 Å². The van der Waals surface area contributed by atoms with Gasteiger partial charge in [-0.15, -0.1) is 0 Å². The average Bonchev–Trinajstić information content (AvgIpc) is 2.62. The SMILES string of the molecule is Cc1cc(/C=C2\SC(=S)NC2=O)cc(C)c1OC(F)F. The molecule has 0 atom stereocenters. The number of thioether (sulfide) groups is 1. The largest absolute Gasteiger partial charge is 0.434 e. The van der Waals surface area contributed by atoms with Crippen molar-refractivity contribution in [3.63, 3.8) is 0 Å². The number of aryl methyl sites for hydroxylation is 2. The maximum absolute atomic E-state index is 12.3. The third-order valence-electron chi connectivity index (χ3n) is 2.63. The molecule has 1 aliphatic rings. The molecule has 0 aromatic heterocycles. The van der Waals surface area contributed by atoms with Gasteiger partial charge >= 0.3 is 6.61 Å². The van der Waals surface area contributed by atoms with Gasteiger partial charge in [0, 0.05) is 0 Å². The van der Waals surface area contributed by atoms with Gasteiger partial charge in [0.1, 0.15) is 10.1 Å². The molecule has 7 heteroatoms. The van der Waals surface area contributed by atoms with Crippen LogP contribution >= 0.6 is 24.0 Å². The summed E-state index contributed by atoms with van der Waals surface area (Å²) in [7, 11) is 0. The second-order valence-electron chi connectivity index (χ2n) is 4.21. The van der Waals surface area contributed by atoms with E-state index in [1.54, 1.807) is 32.1 Å². The quantitative estimate of drug-likeness (QED) is 0.685. The number of halogens is 2. The van der Waals surface area contributed by atoms with Gasteiger partial charge in [-0.3, -0.25) is 4.79 Å². The molecule has 20 heavy (non-hydrogen) atoms. The molecule has 1 aromatic rings. The summed E-state index contributed by atoms with van der Waals surface area (Å²) in [4.78, 5) is 12.0. The van der Waals surface area contributed by atoms with Gasteiger partial charge in [-0.05, 0) is 48.7 Å². The van der Waals surface area contributed by atoms with Gasteiger partial charge in [0.2, 0.25) is 0 Å². The van der Waals surface area contributed by atoms with E-state index in [1.807, 2.05) is 0 Å². The third kappa shape index (κ3) is 3.34. The normalized spacial score (nSPS) is 16.9. The summed E-state index contributed by atoms with van der Waals surface area (Å²) in [6.07, 6.45) is 1.67. The Balaban J connectivity index is 2.33.